The first-order valence-electron chi connectivity index (χ1n) is 10.8. The van der Waals surface area contributed by atoms with Gasteiger partial charge < -0.3 is 14.9 Å². The van der Waals surface area contributed by atoms with Crippen molar-refractivity contribution in [2.75, 3.05) is 32.8 Å². The minimum absolute atomic E-state index is 0.0751. The Morgan fingerprint density at radius 1 is 1.14 bits per heavy atom. The summed E-state index contributed by atoms with van der Waals surface area (Å²) in [5.74, 6) is 0.0546. The van der Waals surface area contributed by atoms with Gasteiger partial charge in [0.1, 0.15) is 0 Å². The molecule has 0 aromatic heterocycles. The first kappa shape index (κ1) is 19.4. The van der Waals surface area contributed by atoms with Crippen LogP contribution in [0.15, 0.2) is 24.3 Å². The Morgan fingerprint density at radius 3 is 2.50 bits per heavy atom. The Labute approximate surface area is 167 Å². The topological polar surface area (TPSA) is 67.6 Å². The van der Waals surface area contributed by atoms with Crippen LogP contribution in [0.5, 0.6) is 0 Å². The second kappa shape index (κ2) is 8.23. The van der Waals surface area contributed by atoms with Gasteiger partial charge in [0.15, 0.2) is 0 Å². The molecule has 0 unspecified atom stereocenters. The second-order valence-electron chi connectivity index (χ2n) is 8.87. The van der Waals surface area contributed by atoms with Crippen LogP contribution in [0.2, 0.25) is 0 Å². The molecule has 5 nitrogen and oxygen atoms in total. The van der Waals surface area contributed by atoms with Crippen LogP contribution >= 0.6 is 0 Å². The molecule has 28 heavy (non-hydrogen) atoms. The molecule has 1 saturated carbocycles. The summed E-state index contributed by atoms with van der Waals surface area (Å²) in [5, 5.41) is 19.5. The molecule has 2 saturated heterocycles. The molecule has 1 aromatic carbocycles. The zero-order valence-electron chi connectivity index (χ0n) is 16.6. The fourth-order valence-electron chi connectivity index (χ4n) is 5.75. The van der Waals surface area contributed by atoms with E-state index >= 15 is 0 Å². The normalized spacial score (nSPS) is 25.7. The summed E-state index contributed by atoms with van der Waals surface area (Å²) in [6, 6.07) is 9.92. The highest BCUT2D eigenvalue weighted by Crippen LogP contribution is 2.46. The average molecular weight is 382 g/mol. The summed E-state index contributed by atoms with van der Waals surface area (Å²) >= 11 is 0. The van der Waals surface area contributed by atoms with E-state index in [2.05, 4.69) is 11.0 Å². The predicted molar refractivity (Wildman–Crippen MR) is 108 cm³/mol. The van der Waals surface area contributed by atoms with Crippen LogP contribution in [-0.2, 0) is 0 Å². The van der Waals surface area contributed by atoms with E-state index in [-0.39, 0.29) is 23.8 Å². The third-order valence-corrected chi connectivity index (χ3v) is 7.61. The molecule has 1 amide bonds. The number of nitriles is 1. The first-order chi connectivity index (χ1) is 13.7. The highest BCUT2D eigenvalue weighted by atomic mass is 16.3. The highest BCUT2D eigenvalue weighted by molar-refractivity contribution is 5.96. The molecule has 3 fully saturated rings. The van der Waals surface area contributed by atoms with E-state index in [0.717, 1.165) is 44.9 Å². The standard InChI is InChI=1S/C23H31N3O2/c24-15-18-5-1-4-8-21(18)22(28)26-14-11-23(19(16-26)17-27)9-12-25(13-10-23)20-6-2-3-7-20/h1,4-5,8,19-20,27H,2-3,6-7,9-14,16-17H2/t19-/m0/s1. The van der Waals surface area contributed by atoms with Crippen molar-refractivity contribution in [2.45, 2.75) is 51.0 Å². The van der Waals surface area contributed by atoms with Crippen molar-refractivity contribution >= 4 is 5.91 Å². The van der Waals surface area contributed by atoms with Gasteiger partial charge in [-0.25, -0.2) is 0 Å². The van der Waals surface area contributed by atoms with Crippen LogP contribution in [0.25, 0.3) is 0 Å². The molecule has 1 spiro atoms. The lowest BCUT2D eigenvalue weighted by atomic mass is 9.64. The smallest absolute Gasteiger partial charge is 0.255 e. The summed E-state index contributed by atoms with van der Waals surface area (Å²) in [4.78, 5) is 17.5. The van der Waals surface area contributed by atoms with Crippen LogP contribution in [-0.4, -0.2) is 59.6 Å². The van der Waals surface area contributed by atoms with Crippen molar-refractivity contribution in [1.82, 2.24) is 9.80 Å². The highest BCUT2D eigenvalue weighted by Gasteiger charge is 2.46. The Kier molecular flexibility index (Phi) is 5.70. The summed E-state index contributed by atoms with van der Waals surface area (Å²) in [6.07, 6.45) is 8.64. The van der Waals surface area contributed by atoms with Gasteiger partial charge in [0.05, 0.1) is 17.2 Å². The number of hydrogen-bond donors (Lipinski definition) is 1. The predicted octanol–water partition coefficient (Wildman–Crippen LogP) is 3.04. The summed E-state index contributed by atoms with van der Waals surface area (Å²) < 4.78 is 0. The van der Waals surface area contributed by atoms with E-state index in [1.165, 1.54) is 25.7 Å². The Hall–Kier alpha value is -1.90. The lowest BCUT2D eigenvalue weighted by Crippen LogP contribution is -2.55. The van der Waals surface area contributed by atoms with Crippen molar-refractivity contribution in [3.63, 3.8) is 0 Å². The first-order valence-corrected chi connectivity index (χ1v) is 10.8. The molecule has 2 aliphatic heterocycles. The van der Waals surface area contributed by atoms with Crippen LogP contribution in [0.1, 0.15) is 60.9 Å². The number of carbonyl (C=O) groups is 1. The lowest BCUT2D eigenvalue weighted by Gasteiger charge is -2.52. The Balaban J connectivity index is 1.43. The zero-order valence-corrected chi connectivity index (χ0v) is 16.6. The average Bonchev–Trinajstić information content (AvgIpc) is 3.29. The van der Waals surface area contributed by atoms with Gasteiger partial charge in [-0.15, -0.1) is 0 Å². The number of carbonyl (C=O) groups excluding carboxylic acids is 1. The maximum Gasteiger partial charge on any atom is 0.255 e. The van der Waals surface area contributed by atoms with Crippen molar-refractivity contribution in [3.05, 3.63) is 35.4 Å². The molecule has 0 radical (unpaired) electrons. The van der Waals surface area contributed by atoms with Gasteiger partial charge in [0.25, 0.3) is 5.91 Å². The summed E-state index contributed by atoms with van der Waals surface area (Å²) in [5.41, 5.74) is 1.07. The molecule has 5 heteroatoms. The van der Waals surface area contributed by atoms with Gasteiger partial charge in [-0.05, 0) is 62.7 Å². The van der Waals surface area contributed by atoms with Crippen molar-refractivity contribution < 1.29 is 9.90 Å². The molecular formula is C23H31N3O2. The van der Waals surface area contributed by atoms with Crippen molar-refractivity contribution in [2.24, 2.45) is 11.3 Å². The van der Waals surface area contributed by atoms with Crippen LogP contribution in [0, 0.1) is 22.7 Å². The van der Waals surface area contributed by atoms with Gasteiger partial charge >= 0.3 is 0 Å². The maximum atomic E-state index is 13.0. The van der Waals surface area contributed by atoms with Gasteiger partial charge in [-0.3, -0.25) is 4.79 Å². The minimum Gasteiger partial charge on any atom is -0.396 e. The molecule has 150 valence electrons. The van der Waals surface area contributed by atoms with Gasteiger partial charge in [-0.1, -0.05) is 25.0 Å². The molecule has 1 aromatic rings. The lowest BCUT2D eigenvalue weighted by molar-refractivity contribution is -0.0417. The number of amides is 1. The number of nitrogens with zero attached hydrogens (tertiary/aromatic N) is 3. The summed E-state index contributed by atoms with van der Waals surface area (Å²) in [7, 11) is 0. The minimum atomic E-state index is -0.0751. The SMILES string of the molecule is N#Cc1ccccc1C(=O)N1CCC2(CCN(C3CCCC3)CC2)[C@H](CO)C1. The second-order valence-corrected chi connectivity index (χ2v) is 8.87. The number of likely N-dealkylation sites (tertiary alicyclic amines) is 2. The molecule has 1 aliphatic carbocycles. The number of aliphatic hydroxyl groups excluding tert-OH is 1. The van der Waals surface area contributed by atoms with E-state index in [4.69, 9.17) is 0 Å². The molecule has 4 rings (SSSR count). The quantitative estimate of drug-likeness (QED) is 0.874. The third-order valence-electron chi connectivity index (χ3n) is 7.61. The van der Waals surface area contributed by atoms with Gasteiger partial charge in [0, 0.05) is 31.7 Å². The Morgan fingerprint density at radius 2 is 1.82 bits per heavy atom. The molecule has 1 atom stereocenters. The monoisotopic (exact) mass is 381 g/mol. The van der Waals surface area contributed by atoms with Crippen molar-refractivity contribution in [3.8, 4) is 6.07 Å². The largest absolute Gasteiger partial charge is 0.396 e. The van der Waals surface area contributed by atoms with E-state index in [1.807, 2.05) is 11.0 Å². The fourth-order valence-corrected chi connectivity index (χ4v) is 5.75. The maximum absolute atomic E-state index is 13.0. The van der Waals surface area contributed by atoms with Crippen LogP contribution in [0.4, 0.5) is 0 Å². The molecule has 2 heterocycles. The fraction of sp³-hybridized carbons (Fsp3) is 0.652. The Bertz CT molecular complexity index is 742. The summed E-state index contributed by atoms with van der Waals surface area (Å²) in [6.45, 7) is 3.71. The zero-order chi connectivity index (χ0) is 19.6. The molecular weight excluding hydrogens is 350 g/mol. The molecule has 0 bridgehead atoms. The number of hydrogen-bond acceptors (Lipinski definition) is 4. The van der Waals surface area contributed by atoms with E-state index in [1.54, 1.807) is 18.2 Å². The van der Waals surface area contributed by atoms with E-state index in [0.29, 0.717) is 17.7 Å². The van der Waals surface area contributed by atoms with E-state index in [9.17, 15) is 15.2 Å². The number of rotatable bonds is 3. The van der Waals surface area contributed by atoms with Crippen LogP contribution in [0.3, 0.4) is 0 Å². The number of piperidine rings is 2. The van der Waals surface area contributed by atoms with Crippen molar-refractivity contribution in [1.29, 1.82) is 5.26 Å². The molecule has 1 N–H and O–H groups in total. The van der Waals surface area contributed by atoms with Gasteiger partial charge in [-0.2, -0.15) is 5.26 Å². The van der Waals surface area contributed by atoms with Crippen LogP contribution < -0.4 is 0 Å². The van der Waals surface area contributed by atoms with Gasteiger partial charge in [0.2, 0.25) is 0 Å². The number of benzene rings is 1. The number of aliphatic hydroxyl groups is 1. The third kappa shape index (κ3) is 3.56. The molecule has 3 aliphatic rings. The van der Waals surface area contributed by atoms with E-state index < -0.39 is 0 Å².